The Bertz CT molecular complexity index is 717. The van der Waals surface area contributed by atoms with E-state index in [0.29, 0.717) is 13.1 Å². The van der Waals surface area contributed by atoms with Crippen LogP contribution >= 0.6 is 0 Å². The van der Waals surface area contributed by atoms with E-state index in [4.69, 9.17) is 9.47 Å². The van der Waals surface area contributed by atoms with Crippen LogP contribution in [0.25, 0.3) is 0 Å². The van der Waals surface area contributed by atoms with Gasteiger partial charge >= 0.3 is 17.9 Å². The van der Waals surface area contributed by atoms with E-state index in [2.05, 4.69) is 5.43 Å². The van der Waals surface area contributed by atoms with Crippen LogP contribution in [0.3, 0.4) is 0 Å². The first-order valence-corrected chi connectivity index (χ1v) is 9.14. The topological polar surface area (TPSA) is 125 Å². The highest BCUT2D eigenvalue weighted by Gasteiger charge is 2.32. The maximum absolute atomic E-state index is 12.9. The number of hydrogen-bond donors (Lipinski definition) is 2. The van der Waals surface area contributed by atoms with Crippen molar-refractivity contribution in [2.75, 3.05) is 31.1 Å². The molecular formula is C19H27N3O7. The van der Waals surface area contributed by atoms with Crippen LogP contribution < -0.4 is 15.1 Å². The van der Waals surface area contributed by atoms with Gasteiger partial charge in [0.25, 0.3) is 0 Å². The number of anilines is 1. The first kappa shape index (κ1) is 24.1. The van der Waals surface area contributed by atoms with Gasteiger partial charge in [0, 0.05) is 32.6 Å². The normalized spacial score (nSPS) is 11.6. The van der Waals surface area contributed by atoms with E-state index in [-0.39, 0.29) is 18.0 Å². The molecule has 1 rings (SSSR count). The number of nitrogens with zero attached hydrogens (tertiary/aromatic N) is 2. The van der Waals surface area contributed by atoms with Crippen molar-refractivity contribution in [3.8, 4) is 5.75 Å². The van der Waals surface area contributed by atoms with Gasteiger partial charge in [-0.25, -0.2) is 15.2 Å². The number of nitrogens with one attached hydrogen (secondary N) is 1. The Morgan fingerprint density at radius 1 is 1.03 bits per heavy atom. The lowest BCUT2D eigenvalue weighted by atomic mass is 10.2. The van der Waals surface area contributed by atoms with Gasteiger partial charge in [0.1, 0.15) is 12.4 Å². The molecule has 0 aromatic heterocycles. The summed E-state index contributed by atoms with van der Waals surface area (Å²) in [7, 11) is 0. The molecule has 29 heavy (non-hydrogen) atoms. The summed E-state index contributed by atoms with van der Waals surface area (Å²) in [6.45, 7) is 6.86. The van der Waals surface area contributed by atoms with Crippen molar-refractivity contribution >= 4 is 29.5 Å². The smallest absolute Gasteiger partial charge is 0.330 e. The van der Waals surface area contributed by atoms with Crippen molar-refractivity contribution in [3.63, 3.8) is 0 Å². The first-order valence-electron chi connectivity index (χ1n) is 9.14. The van der Waals surface area contributed by atoms with Gasteiger partial charge in [-0.05, 0) is 24.3 Å². The SMILES string of the molecule is CCN(CC)NCC(=O)N(c1ccc(OC(C)=O)cc1)[C@@H](COC(C)=O)C(=O)O. The number of carboxylic acid groups (broad SMARTS) is 1. The molecule has 160 valence electrons. The molecule has 1 amide bonds. The molecule has 1 aromatic carbocycles. The summed E-state index contributed by atoms with van der Waals surface area (Å²) in [6, 6.07) is 4.37. The summed E-state index contributed by atoms with van der Waals surface area (Å²) in [6.07, 6.45) is 0. The van der Waals surface area contributed by atoms with Crippen LogP contribution in [0.1, 0.15) is 27.7 Å². The number of carbonyl (C=O) groups is 4. The van der Waals surface area contributed by atoms with Gasteiger partial charge in [-0.15, -0.1) is 0 Å². The molecule has 0 radical (unpaired) electrons. The highest BCUT2D eigenvalue weighted by atomic mass is 16.5. The molecule has 0 aliphatic rings. The summed E-state index contributed by atoms with van der Waals surface area (Å²) in [5.74, 6) is -2.77. The molecule has 10 heteroatoms. The fourth-order valence-corrected chi connectivity index (χ4v) is 2.50. The summed E-state index contributed by atoms with van der Waals surface area (Å²) in [4.78, 5) is 48.0. The fraction of sp³-hybridized carbons (Fsp3) is 0.474. The van der Waals surface area contributed by atoms with Crippen LogP contribution in [-0.2, 0) is 23.9 Å². The maximum Gasteiger partial charge on any atom is 0.330 e. The van der Waals surface area contributed by atoms with Crippen LogP contribution in [0.2, 0.25) is 0 Å². The lowest BCUT2D eigenvalue weighted by Gasteiger charge is -2.30. The summed E-state index contributed by atoms with van der Waals surface area (Å²) in [5, 5.41) is 11.4. The number of hydrazine groups is 1. The number of rotatable bonds is 11. The Balaban J connectivity index is 3.17. The van der Waals surface area contributed by atoms with E-state index in [9.17, 15) is 24.3 Å². The van der Waals surface area contributed by atoms with Crippen LogP contribution in [0, 0.1) is 0 Å². The molecular weight excluding hydrogens is 382 g/mol. The van der Waals surface area contributed by atoms with Gasteiger partial charge in [0.2, 0.25) is 5.91 Å². The van der Waals surface area contributed by atoms with Gasteiger partial charge in [0.05, 0.1) is 6.54 Å². The number of esters is 2. The molecule has 0 unspecified atom stereocenters. The van der Waals surface area contributed by atoms with E-state index >= 15 is 0 Å². The fourth-order valence-electron chi connectivity index (χ4n) is 2.50. The lowest BCUT2D eigenvalue weighted by Crippen LogP contribution is -2.53. The van der Waals surface area contributed by atoms with Crippen molar-refractivity contribution in [1.82, 2.24) is 10.4 Å². The minimum absolute atomic E-state index is 0.156. The number of benzene rings is 1. The van der Waals surface area contributed by atoms with Gasteiger partial charge < -0.3 is 14.6 Å². The van der Waals surface area contributed by atoms with Crippen LogP contribution in [0.4, 0.5) is 5.69 Å². The Hall–Kier alpha value is -2.98. The standard InChI is InChI=1S/C19H27N3O7/c1-5-21(6-2)20-11-18(25)22(17(19(26)27)12-28-13(3)23)15-7-9-16(10-8-15)29-14(4)24/h7-10,17,20H,5-6,11-12H2,1-4H3,(H,26,27)/t17-/m0/s1. The number of carboxylic acids is 1. The molecule has 0 aliphatic heterocycles. The molecule has 0 saturated carbocycles. The second-order valence-corrected chi connectivity index (χ2v) is 6.02. The highest BCUT2D eigenvalue weighted by Crippen LogP contribution is 2.22. The summed E-state index contributed by atoms with van der Waals surface area (Å²) < 4.78 is 9.81. The van der Waals surface area contributed by atoms with Crippen LogP contribution in [0.5, 0.6) is 5.75 Å². The number of amides is 1. The molecule has 10 nitrogen and oxygen atoms in total. The Morgan fingerprint density at radius 2 is 1.62 bits per heavy atom. The average Bonchev–Trinajstić information content (AvgIpc) is 2.65. The van der Waals surface area contributed by atoms with Gasteiger partial charge in [0.15, 0.2) is 6.04 Å². The third kappa shape index (κ3) is 7.88. The van der Waals surface area contributed by atoms with Gasteiger partial charge in [-0.1, -0.05) is 13.8 Å². The maximum atomic E-state index is 12.9. The number of aliphatic carboxylic acids is 1. The van der Waals surface area contributed by atoms with Gasteiger partial charge in [-0.2, -0.15) is 0 Å². The quantitative estimate of drug-likeness (QED) is 0.310. The zero-order valence-electron chi connectivity index (χ0n) is 17.0. The first-order chi connectivity index (χ1) is 13.7. The zero-order chi connectivity index (χ0) is 22.0. The lowest BCUT2D eigenvalue weighted by molar-refractivity contribution is -0.147. The third-order valence-electron chi connectivity index (χ3n) is 3.90. The van der Waals surface area contributed by atoms with Crippen LogP contribution in [-0.4, -0.2) is 66.2 Å². The van der Waals surface area contributed by atoms with Gasteiger partial charge in [-0.3, -0.25) is 19.3 Å². The van der Waals surface area contributed by atoms with E-state index in [0.717, 1.165) is 11.8 Å². The predicted octanol–water partition coefficient (Wildman–Crippen LogP) is 0.808. The van der Waals surface area contributed by atoms with Crippen molar-refractivity contribution in [2.24, 2.45) is 0 Å². The third-order valence-corrected chi connectivity index (χ3v) is 3.90. The van der Waals surface area contributed by atoms with Crippen molar-refractivity contribution in [3.05, 3.63) is 24.3 Å². The van der Waals surface area contributed by atoms with E-state index in [1.807, 2.05) is 13.8 Å². The van der Waals surface area contributed by atoms with E-state index in [1.165, 1.54) is 31.2 Å². The minimum atomic E-state index is -1.43. The number of hydrogen-bond acceptors (Lipinski definition) is 8. The van der Waals surface area contributed by atoms with Crippen molar-refractivity contribution in [1.29, 1.82) is 0 Å². The molecule has 2 N–H and O–H groups in total. The largest absolute Gasteiger partial charge is 0.480 e. The molecule has 1 atom stereocenters. The van der Waals surface area contributed by atoms with Crippen molar-refractivity contribution < 1.29 is 33.8 Å². The zero-order valence-corrected chi connectivity index (χ0v) is 17.0. The molecule has 0 saturated heterocycles. The molecule has 0 spiro atoms. The molecule has 0 aliphatic carbocycles. The average molecular weight is 409 g/mol. The molecule has 0 heterocycles. The molecule has 1 aromatic rings. The molecule has 0 bridgehead atoms. The second-order valence-electron chi connectivity index (χ2n) is 6.02. The number of carbonyl (C=O) groups excluding carboxylic acids is 3. The minimum Gasteiger partial charge on any atom is -0.480 e. The monoisotopic (exact) mass is 409 g/mol. The van der Waals surface area contributed by atoms with E-state index < -0.39 is 36.5 Å². The van der Waals surface area contributed by atoms with Crippen molar-refractivity contribution in [2.45, 2.75) is 33.7 Å². The number of ether oxygens (including phenoxy) is 2. The summed E-state index contributed by atoms with van der Waals surface area (Å²) in [5.41, 5.74) is 3.19. The Labute approximate surface area is 169 Å². The highest BCUT2D eigenvalue weighted by molar-refractivity contribution is 6.00. The predicted molar refractivity (Wildman–Crippen MR) is 104 cm³/mol. The molecule has 0 fully saturated rings. The van der Waals surface area contributed by atoms with Crippen LogP contribution in [0.15, 0.2) is 24.3 Å². The summed E-state index contributed by atoms with van der Waals surface area (Å²) >= 11 is 0. The second kappa shape index (κ2) is 11.8. The Morgan fingerprint density at radius 3 is 2.07 bits per heavy atom. The van der Waals surface area contributed by atoms with E-state index in [1.54, 1.807) is 5.01 Å². The Kier molecular flexibility index (Phi) is 9.76.